The van der Waals surface area contributed by atoms with Crippen molar-refractivity contribution in [1.82, 2.24) is 0 Å². The Hall–Kier alpha value is -0.570. The van der Waals surface area contributed by atoms with Gasteiger partial charge in [-0.25, -0.2) is 0 Å². The zero-order valence-corrected chi connectivity index (χ0v) is 21.3. The molecule has 0 atom stereocenters. The highest BCUT2D eigenvalue weighted by atomic mass is 16.5. The number of carbonyl (C=O) groups excluding carboxylic acids is 1. The summed E-state index contributed by atoms with van der Waals surface area (Å²) in [5.41, 5.74) is 0. The van der Waals surface area contributed by atoms with Crippen LogP contribution in [0.2, 0.25) is 0 Å². The van der Waals surface area contributed by atoms with Crippen LogP contribution in [-0.4, -0.2) is 24.3 Å². The van der Waals surface area contributed by atoms with E-state index in [-0.39, 0.29) is 5.97 Å². The number of carbonyl (C=O) groups is 1. The molecule has 0 aliphatic heterocycles. The van der Waals surface area contributed by atoms with Crippen molar-refractivity contribution < 1.29 is 14.6 Å². The van der Waals surface area contributed by atoms with Crippen LogP contribution in [0.4, 0.5) is 0 Å². The third-order valence-electron chi connectivity index (χ3n) is 6.23. The zero-order chi connectivity index (χ0) is 22.8. The fraction of sp³-hybridized carbons (Fsp3) is 0.964. The SMILES string of the molecule is CC(C)CCCCCCCOC(=O)CCCCCCCCCCCCCCCCCO. The van der Waals surface area contributed by atoms with Crippen molar-refractivity contribution in [3.05, 3.63) is 0 Å². The maximum atomic E-state index is 11.8. The van der Waals surface area contributed by atoms with E-state index in [0.29, 0.717) is 19.6 Å². The van der Waals surface area contributed by atoms with Gasteiger partial charge in [-0.05, 0) is 25.2 Å². The van der Waals surface area contributed by atoms with Crippen LogP contribution < -0.4 is 0 Å². The Morgan fingerprint density at radius 2 is 0.968 bits per heavy atom. The average Bonchev–Trinajstić information content (AvgIpc) is 2.75. The van der Waals surface area contributed by atoms with Crippen LogP contribution in [-0.2, 0) is 9.53 Å². The first-order valence-electron chi connectivity index (χ1n) is 13.9. The molecule has 31 heavy (non-hydrogen) atoms. The quantitative estimate of drug-likeness (QED) is 0.114. The van der Waals surface area contributed by atoms with Gasteiger partial charge in [0.25, 0.3) is 0 Å². The third kappa shape index (κ3) is 27.4. The predicted octanol–water partition coefficient (Wildman–Crippen LogP) is 8.76. The molecular weight excluding hydrogens is 384 g/mol. The molecule has 1 N–H and O–H groups in total. The highest BCUT2D eigenvalue weighted by molar-refractivity contribution is 5.69. The van der Waals surface area contributed by atoms with Crippen molar-refractivity contribution in [3.63, 3.8) is 0 Å². The molecule has 0 rings (SSSR count). The zero-order valence-electron chi connectivity index (χ0n) is 21.3. The van der Waals surface area contributed by atoms with E-state index in [1.165, 1.54) is 116 Å². The number of esters is 1. The van der Waals surface area contributed by atoms with E-state index < -0.39 is 0 Å². The Kier molecular flexibility index (Phi) is 25.2. The van der Waals surface area contributed by atoms with Crippen LogP contribution in [0.5, 0.6) is 0 Å². The maximum Gasteiger partial charge on any atom is 0.305 e. The van der Waals surface area contributed by atoms with Gasteiger partial charge in [0.1, 0.15) is 0 Å². The van der Waals surface area contributed by atoms with Gasteiger partial charge in [-0.3, -0.25) is 4.79 Å². The summed E-state index contributed by atoms with van der Waals surface area (Å²) >= 11 is 0. The second-order valence-corrected chi connectivity index (χ2v) is 9.95. The molecule has 0 fully saturated rings. The second kappa shape index (κ2) is 25.7. The molecule has 0 saturated heterocycles. The number of ether oxygens (including phenoxy) is 1. The largest absolute Gasteiger partial charge is 0.466 e. The molecule has 0 aliphatic carbocycles. The molecule has 0 radical (unpaired) electrons. The van der Waals surface area contributed by atoms with Gasteiger partial charge in [-0.1, -0.05) is 129 Å². The monoisotopic (exact) mass is 440 g/mol. The minimum absolute atomic E-state index is 0.00760. The van der Waals surface area contributed by atoms with Crippen molar-refractivity contribution in [3.8, 4) is 0 Å². The van der Waals surface area contributed by atoms with Crippen molar-refractivity contribution in [2.75, 3.05) is 13.2 Å². The lowest BCUT2D eigenvalue weighted by atomic mass is 10.0. The van der Waals surface area contributed by atoms with Gasteiger partial charge in [-0.2, -0.15) is 0 Å². The van der Waals surface area contributed by atoms with E-state index in [1.54, 1.807) is 0 Å². The van der Waals surface area contributed by atoms with Gasteiger partial charge < -0.3 is 9.84 Å². The van der Waals surface area contributed by atoms with E-state index in [0.717, 1.165) is 25.2 Å². The Balaban J connectivity index is 3.14. The van der Waals surface area contributed by atoms with E-state index in [1.807, 2.05) is 0 Å². The molecule has 3 heteroatoms. The van der Waals surface area contributed by atoms with E-state index in [4.69, 9.17) is 9.84 Å². The first-order chi connectivity index (χ1) is 15.2. The summed E-state index contributed by atoms with van der Waals surface area (Å²) in [6, 6.07) is 0. The van der Waals surface area contributed by atoms with E-state index >= 15 is 0 Å². The van der Waals surface area contributed by atoms with Gasteiger partial charge in [0, 0.05) is 13.0 Å². The molecule has 3 nitrogen and oxygen atoms in total. The molecular formula is C28H56O3. The van der Waals surface area contributed by atoms with Crippen LogP contribution in [0.15, 0.2) is 0 Å². The molecule has 0 unspecified atom stereocenters. The Bertz CT molecular complexity index is 354. The van der Waals surface area contributed by atoms with Gasteiger partial charge in [-0.15, -0.1) is 0 Å². The molecule has 0 aromatic carbocycles. The van der Waals surface area contributed by atoms with Crippen LogP contribution in [0.1, 0.15) is 155 Å². The van der Waals surface area contributed by atoms with Crippen LogP contribution >= 0.6 is 0 Å². The number of unbranched alkanes of at least 4 members (excludes halogenated alkanes) is 18. The lowest BCUT2D eigenvalue weighted by Gasteiger charge is -2.06. The molecule has 0 aliphatic rings. The third-order valence-corrected chi connectivity index (χ3v) is 6.23. The highest BCUT2D eigenvalue weighted by Crippen LogP contribution is 2.14. The Morgan fingerprint density at radius 1 is 0.581 bits per heavy atom. The molecule has 0 spiro atoms. The first-order valence-corrected chi connectivity index (χ1v) is 13.9. The Labute approximate surface area is 195 Å². The molecule has 0 aromatic rings. The minimum atomic E-state index is 0.00760. The number of hydrogen-bond acceptors (Lipinski definition) is 3. The molecule has 0 saturated carbocycles. The van der Waals surface area contributed by atoms with Gasteiger partial charge in [0.15, 0.2) is 0 Å². The van der Waals surface area contributed by atoms with Crippen LogP contribution in [0.3, 0.4) is 0 Å². The summed E-state index contributed by atoms with van der Waals surface area (Å²) in [5.74, 6) is 0.827. The predicted molar refractivity (Wildman–Crippen MR) is 134 cm³/mol. The summed E-state index contributed by atoms with van der Waals surface area (Å²) in [6.07, 6.45) is 27.3. The average molecular weight is 441 g/mol. The van der Waals surface area contributed by atoms with Crippen LogP contribution in [0, 0.1) is 5.92 Å². The fourth-order valence-corrected chi connectivity index (χ4v) is 4.12. The molecule has 0 amide bonds. The van der Waals surface area contributed by atoms with Crippen molar-refractivity contribution in [2.45, 2.75) is 155 Å². The molecule has 0 heterocycles. The number of aliphatic hydroxyl groups is 1. The highest BCUT2D eigenvalue weighted by Gasteiger charge is 2.03. The number of hydrogen-bond donors (Lipinski definition) is 1. The van der Waals surface area contributed by atoms with Crippen molar-refractivity contribution in [2.24, 2.45) is 5.92 Å². The summed E-state index contributed by atoms with van der Waals surface area (Å²) in [5, 5.41) is 8.75. The normalized spacial score (nSPS) is 11.4. The summed E-state index contributed by atoms with van der Waals surface area (Å²) in [7, 11) is 0. The smallest absolute Gasteiger partial charge is 0.305 e. The fourth-order valence-electron chi connectivity index (χ4n) is 4.12. The second-order valence-electron chi connectivity index (χ2n) is 9.95. The van der Waals surface area contributed by atoms with E-state index in [2.05, 4.69) is 13.8 Å². The van der Waals surface area contributed by atoms with Crippen molar-refractivity contribution >= 4 is 5.97 Å². The lowest BCUT2D eigenvalue weighted by Crippen LogP contribution is -2.05. The van der Waals surface area contributed by atoms with Gasteiger partial charge >= 0.3 is 5.97 Å². The minimum Gasteiger partial charge on any atom is -0.466 e. The lowest BCUT2D eigenvalue weighted by molar-refractivity contribution is -0.143. The van der Waals surface area contributed by atoms with Crippen molar-refractivity contribution in [1.29, 1.82) is 0 Å². The van der Waals surface area contributed by atoms with Gasteiger partial charge in [0.05, 0.1) is 6.61 Å². The summed E-state index contributed by atoms with van der Waals surface area (Å²) in [4.78, 5) is 11.8. The van der Waals surface area contributed by atoms with Crippen LogP contribution in [0.25, 0.3) is 0 Å². The Morgan fingerprint density at radius 3 is 1.42 bits per heavy atom. The number of rotatable bonds is 25. The summed E-state index contributed by atoms with van der Waals surface area (Å²) in [6.45, 7) is 5.54. The molecule has 0 bridgehead atoms. The first kappa shape index (κ1) is 30.4. The number of aliphatic hydroxyl groups excluding tert-OH is 1. The topological polar surface area (TPSA) is 46.5 Å². The van der Waals surface area contributed by atoms with E-state index in [9.17, 15) is 4.79 Å². The molecule has 186 valence electrons. The van der Waals surface area contributed by atoms with Gasteiger partial charge in [0.2, 0.25) is 0 Å². The summed E-state index contributed by atoms with van der Waals surface area (Å²) < 4.78 is 5.36. The standard InChI is InChI=1S/C28H56O3/c1-27(2)23-19-15-14-18-22-26-31-28(30)24-20-16-12-10-8-6-4-3-5-7-9-11-13-17-21-25-29/h27,29H,3-26H2,1-2H3. The maximum absolute atomic E-state index is 11.8. The molecule has 0 aromatic heterocycles.